The van der Waals surface area contributed by atoms with Crippen LogP contribution in [0.25, 0.3) is 22.2 Å². The van der Waals surface area contributed by atoms with Gasteiger partial charge in [0.2, 0.25) is 0 Å². The van der Waals surface area contributed by atoms with E-state index in [1.807, 2.05) is 32.2 Å². The van der Waals surface area contributed by atoms with Gasteiger partial charge in [0.15, 0.2) is 0 Å². The summed E-state index contributed by atoms with van der Waals surface area (Å²) >= 11 is 0. The maximum absolute atomic E-state index is 11.6. The molecule has 0 aliphatic rings. The third-order valence-corrected chi connectivity index (χ3v) is 3.52. The summed E-state index contributed by atoms with van der Waals surface area (Å²) in [7, 11) is 1.88. The third-order valence-electron chi connectivity index (χ3n) is 3.52. The molecule has 5 heteroatoms. The highest BCUT2D eigenvalue weighted by Crippen LogP contribution is 2.29. The zero-order chi connectivity index (χ0) is 14.3. The second-order valence-electron chi connectivity index (χ2n) is 4.77. The lowest BCUT2D eigenvalue weighted by atomic mass is 10.0. The highest BCUT2D eigenvalue weighted by Gasteiger charge is 2.11. The molecule has 0 spiro atoms. The van der Waals surface area contributed by atoms with Crippen LogP contribution in [0.3, 0.4) is 0 Å². The first-order valence-electron chi connectivity index (χ1n) is 6.47. The molecule has 0 aliphatic carbocycles. The SMILES string of the molecule is CCc1c(O)cc(=O)[nH]c1-c1ccc2c(cnn2C)c1. The normalized spacial score (nSPS) is 11.1. The smallest absolute Gasteiger partial charge is 0.252 e. The fraction of sp³-hybridized carbons (Fsp3) is 0.200. The van der Waals surface area contributed by atoms with Crippen molar-refractivity contribution in [3.63, 3.8) is 0 Å². The van der Waals surface area contributed by atoms with E-state index in [0.29, 0.717) is 12.1 Å². The van der Waals surface area contributed by atoms with Crippen LogP contribution in [0.1, 0.15) is 12.5 Å². The molecule has 2 N–H and O–H groups in total. The molecule has 3 aromatic rings. The topological polar surface area (TPSA) is 70.9 Å². The lowest BCUT2D eigenvalue weighted by Gasteiger charge is -2.09. The second kappa shape index (κ2) is 4.52. The summed E-state index contributed by atoms with van der Waals surface area (Å²) in [6, 6.07) is 7.06. The molecule has 2 heterocycles. The molecule has 0 aliphatic heterocycles. The Labute approximate surface area is 115 Å². The predicted octanol–water partition coefficient (Wildman–Crippen LogP) is 2.20. The van der Waals surface area contributed by atoms with Gasteiger partial charge in [-0.25, -0.2) is 0 Å². The van der Waals surface area contributed by atoms with E-state index < -0.39 is 0 Å². The van der Waals surface area contributed by atoms with Crippen molar-refractivity contribution in [2.45, 2.75) is 13.3 Å². The number of nitrogens with one attached hydrogen (secondary N) is 1. The molecule has 5 nitrogen and oxygen atoms in total. The monoisotopic (exact) mass is 269 g/mol. The Morgan fingerprint density at radius 2 is 2.15 bits per heavy atom. The highest BCUT2D eigenvalue weighted by molar-refractivity contribution is 5.84. The Balaban J connectivity index is 2.27. The molecule has 20 heavy (non-hydrogen) atoms. The van der Waals surface area contributed by atoms with Crippen molar-refractivity contribution in [1.29, 1.82) is 0 Å². The lowest BCUT2D eigenvalue weighted by Crippen LogP contribution is -2.07. The van der Waals surface area contributed by atoms with Gasteiger partial charge in [0, 0.05) is 24.1 Å². The standard InChI is InChI=1S/C15H15N3O2/c1-3-11-13(19)7-14(20)17-15(11)9-4-5-12-10(6-9)8-16-18(12)2/h4-8H,3H2,1-2H3,(H2,17,19,20). The molecule has 0 radical (unpaired) electrons. The molecule has 0 unspecified atom stereocenters. The first kappa shape index (κ1) is 12.5. The van der Waals surface area contributed by atoms with E-state index in [9.17, 15) is 9.90 Å². The first-order chi connectivity index (χ1) is 9.60. The fourth-order valence-corrected chi connectivity index (χ4v) is 2.50. The summed E-state index contributed by atoms with van der Waals surface area (Å²) in [5.41, 5.74) is 3.00. The number of aromatic hydroxyl groups is 1. The predicted molar refractivity (Wildman–Crippen MR) is 77.8 cm³/mol. The number of aryl methyl sites for hydroxylation is 1. The van der Waals surface area contributed by atoms with Gasteiger partial charge in [0.25, 0.3) is 5.56 Å². The van der Waals surface area contributed by atoms with Gasteiger partial charge in [-0.3, -0.25) is 9.48 Å². The zero-order valence-electron chi connectivity index (χ0n) is 11.3. The lowest BCUT2D eigenvalue weighted by molar-refractivity contribution is 0.467. The number of aromatic amines is 1. The van der Waals surface area contributed by atoms with E-state index in [4.69, 9.17) is 0 Å². The second-order valence-corrected chi connectivity index (χ2v) is 4.77. The van der Waals surface area contributed by atoms with Gasteiger partial charge in [-0.05, 0) is 24.1 Å². The van der Waals surface area contributed by atoms with Crippen LogP contribution in [0.4, 0.5) is 0 Å². The van der Waals surface area contributed by atoms with E-state index in [1.54, 1.807) is 10.9 Å². The molecule has 0 saturated heterocycles. The number of nitrogens with zero attached hydrogens (tertiary/aromatic N) is 2. The number of hydrogen-bond donors (Lipinski definition) is 2. The van der Waals surface area contributed by atoms with Crippen LogP contribution in [-0.4, -0.2) is 19.9 Å². The maximum atomic E-state index is 11.6. The summed E-state index contributed by atoms with van der Waals surface area (Å²) in [5, 5.41) is 15.1. The van der Waals surface area contributed by atoms with Crippen LogP contribution in [-0.2, 0) is 13.5 Å². The highest BCUT2D eigenvalue weighted by atomic mass is 16.3. The van der Waals surface area contributed by atoms with Gasteiger partial charge in [-0.1, -0.05) is 13.0 Å². The van der Waals surface area contributed by atoms with E-state index >= 15 is 0 Å². The Morgan fingerprint density at radius 3 is 2.90 bits per heavy atom. The Bertz CT molecular complexity index is 846. The molecule has 0 fully saturated rings. The zero-order valence-corrected chi connectivity index (χ0v) is 11.3. The summed E-state index contributed by atoms with van der Waals surface area (Å²) in [5.74, 6) is 0.0394. The minimum Gasteiger partial charge on any atom is -0.507 e. The minimum atomic E-state index is -0.305. The number of hydrogen-bond acceptors (Lipinski definition) is 3. The minimum absolute atomic E-state index is 0.0394. The van der Waals surface area contributed by atoms with Crippen LogP contribution in [0.2, 0.25) is 0 Å². The molecule has 0 atom stereocenters. The van der Waals surface area contributed by atoms with Crippen LogP contribution in [0.15, 0.2) is 35.3 Å². The third kappa shape index (κ3) is 1.87. The maximum Gasteiger partial charge on any atom is 0.252 e. The van der Waals surface area contributed by atoms with Crippen molar-refractivity contribution in [2.75, 3.05) is 0 Å². The molecule has 0 bridgehead atoms. The van der Waals surface area contributed by atoms with Gasteiger partial charge >= 0.3 is 0 Å². The first-order valence-corrected chi connectivity index (χ1v) is 6.47. The van der Waals surface area contributed by atoms with Gasteiger partial charge in [0.05, 0.1) is 17.4 Å². The number of fused-ring (bicyclic) bond motifs is 1. The van der Waals surface area contributed by atoms with Crippen LogP contribution in [0, 0.1) is 0 Å². The van der Waals surface area contributed by atoms with Crippen LogP contribution < -0.4 is 5.56 Å². The Morgan fingerprint density at radius 1 is 1.35 bits per heavy atom. The average Bonchev–Trinajstić information content (AvgIpc) is 2.79. The molecule has 3 rings (SSSR count). The van der Waals surface area contributed by atoms with Crippen molar-refractivity contribution in [3.8, 4) is 17.0 Å². The number of rotatable bonds is 2. The molecular weight excluding hydrogens is 254 g/mol. The fourth-order valence-electron chi connectivity index (χ4n) is 2.50. The van der Waals surface area contributed by atoms with Crippen molar-refractivity contribution in [1.82, 2.24) is 14.8 Å². The van der Waals surface area contributed by atoms with Crippen LogP contribution >= 0.6 is 0 Å². The molecular formula is C15H15N3O2. The van der Waals surface area contributed by atoms with Gasteiger partial charge in [-0.15, -0.1) is 0 Å². The largest absolute Gasteiger partial charge is 0.507 e. The van der Waals surface area contributed by atoms with E-state index in [0.717, 1.165) is 22.0 Å². The number of H-pyrrole nitrogens is 1. The van der Waals surface area contributed by atoms with Crippen molar-refractivity contribution < 1.29 is 5.11 Å². The van der Waals surface area contributed by atoms with E-state index in [1.165, 1.54) is 6.07 Å². The quantitative estimate of drug-likeness (QED) is 0.749. The Hall–Kier alpha value is -2.56. The van der Waals surface area contributed by atoms with Gasteiger partial charge in [0.1, 0.15) is 5.75 Å². The molecule has 0 amide bonds. The summed E-state index contributed by atoms with van der Waals surface area (Å²) in [4.78, 5) is 14.4. The van der Waals surface area contributed by atoms with E-state index in [-0.39, 0.29) is 11.3 Å². The molecule has 2 aromatic heterocycles. The molecule has 0 saturated carbocycles. The molecule has 1 aromatic carbocycles. The van der Waals surface area contributed by atoms with Crippen molar-refractivity contribution in [3.05, 3.63) is 46.4 Å². The number of aromatic nitrogens is 3. The summed E-state index contributed by atoms with van der Waals surface area (Å²) in [6.45, 7) is 1.94. The Kier molecular flexibility index (Phi) is 2.82. The van der Waals surface area contributed by atoms with Crippen molar-refractivity contribution >= 4 is 10.9 Å². The molecule has 102 valence electrons. The van der Waals surface area contributed by atoms with E-state index in [2.05, 4.69) is 10.1 Å². The summed E-state index contributed by atoms with van der Waals surface area (Å²) in [6.07, 6.45) is 2.42. The van der Waals surface area contributed by atoms with Crippen molar-refractivity contribution in [2.24, 2.45) is 7.05 Å². The van der Waals surface area contributed by atoms with Gasteiger partial charge in [-0.2, -0.15) is 5.10 Å². The number of benzene rings is 1. The summed E-state index contributed by atoms with van der Waals surface area (Å²) < 4.78 is 1.80. The van der Waals surface area contributed by atoms with Crippen LogP contribution in [0.5, 0.6) is 5.75 Å². The van der Waals surface area contributed by atoms with Gasteiger partial charge < -0.3 is 10.1 Å². The number of pyridine rings is 1. The average molecular weight is 269 g/mol.